The van der Waals surface area contributed by atoms with Gasteiger partial charge in [-0.1, -0.05) is 0 Å². The Kier molecular flexibility index (Phi) is 2.82. The maximum absolute atomic E-state index is 10.8. The second kappa shape index (κ2) is 3.46. The molecule has 1 aliphatic rings. The lowest BCUT2D eigenvalue weighted by atomic mass is 10.1. The number of hydrogen-bond acceptors (Lipinski definition) is 3. The van der Waals surface area contributed by atoms with Crippen molar-refractivity contribution < 1.29 is 12.6 Å². The molecule has 0 aliphatic carbocycles. The Labute approximate surface area is 63.6 Å². The largest absolute Gasteiger partial charge is 0.305 e. The summed E-state index contributed by atoms with van der Waals surface area (Å²) in [5, 5.41) is 0. The molecule has 3 atom stereocenters. The average Bonchev–Trinajstić information content (AvgIpc) is 1.93. The van der Waals surface area contributed by atoms with Gasteiger partial charge in [0, 0.05) is 0 Å². The molecule has 4 heteroatoms. The molecule has 1 heterocycles. The normalized spacial score (nSPS) is 42.8. The van der Waals surface area contributed by atoms with Crippen LogP contribution in [0.25, 0.3) is 0 Å². The molecule has 1 unspecified atom stereocenters. The maximum Gasteiger partial charge on any atom is 0.305 e. The number of rotatable bonds is 0. The molecule has 1 fully saturated rings. The summed E-state index contributed by atoms with van der Waals surface area (Å²) in [6, 6.07) is 0. The summed E-state index contributed by atoms with van der Waals surface area (Å²) in [5.41, 5.74) is 0. The predicted octanol–water partition coefficient (Wildman–Crippen LogP) is 1.17. The Morgan fingerprint density at radius 2 is 1.60 bits per heavy atom. The lowest BCUT2D eigenvalue weighted by Gasteiger charge is -2.03. The predicted molar refractivity (Wildman–Crippen MR) is 38.5 cm³/mol. The van der Waals surface area contributed by atoms with E-state index in [1.54, 1.807) is 0 Å². The fraction of sp³-hybridized carbons (Fsp3) is 1.00. The van der Waals surface area contributed by atoms with E-state index in [9.17, 15) is 4.21 Å². The zero-order valence-corrected chi connectivity index (χ0v) is 7.02. The van der Waals surface area contributed by atoms with Crippen molar-refractivity contribution in [1.29, 1.82) is 0 Å². The van der Waals surface area contributed by atoms with Crippen LogP contribution < -0.4 is 0 Å². The van der Waals surface area contributed by atoms with Crippen LogP contribution in [0, 0.1) is 0 Å². The molecule has 1 rings (SSSR count). The highest BCUT2D eigenvalue weighted by molar-refractivity contribution is 7.75. The minimum absolute atomic E-state index is 0.0609. The molecule has 0 N–H and O–H groups in total. The van der Waals surface area contributed by atoms with Crippen LogP contribution in [0.2, 0.25) is 0 Å². The molecule has 3 nitrogen and oxygen atoms in total. The van der Waals surface area contributed by atoms with Crippen LogP contribution in [0.4, 0.5) is 0 Å². The van der Waals surface area contributed by atoms with E-state index in [4.69, 9.17) is 8.37 Å². The third kappa shape index (κ3) is 2.36. The summed E-state index contributed by atoms with van der Waals surface area (Å²) >= 11 is -1.52. The quantitative estimate of drug-likeness (QED) is 0.539. The van der Waals surface area contributed by atoms with E-state index < -0.39 is 11.4 Å². The van der Waals surface area contributed by atoms with Crippen LogP contribution in [0.3, 0.4) is 0 Å². The Morgan fingerprint density at radius 3 is 2.00 bits per heavy atom. The van der Waals surface area contributed by atoms with Gasteiger partial charge in [0.15, 0.2) is 0 Å². The van der Waals surface area contributed by atoms with Gasteiger partial charge in [-0.2, -0.15) is 4.21 Å². The third-order valence-electron chi connectivity index (χ3n) is 1.47. The van der Waals surface area contributed by atoms with Crippen molar-refractivity contribution in [2.45, 2.75) is 38.9 Å². The van der Waals surface area contributed by atoms with Crippen LogP contribution in [0.15, 0.2) is 0 Å². The van der Waals surface area contributed by atoms with Gasteiger partial charge in [0.25, 0.3) is 0 Å². The maximum atomic E-state index is 10.8. The molecule has 0 aromatic rings. The van der Waals surface area contributed by atoms with Crippen LogP contribution in [0.5, 0.6) is 0 Å². The first-order chi connectivity index (χ1) is 4.68. The molecule has 0 aromatic carbocycles. The van der Waals surface area contributed by atoms with E-state index in [0.29, 0.717) is 0 Å². The van der Waals surface area contributed by atoms with Gasteiger partial charge in [-0.15, -0.1) is 0 Å². The van der Waals surface area contributed by atoms with E-state index in [1.165, 1.54) is 0 Å². The molecule has 1 saturated heterocycles. The second-order valence-electron chi connectivity index (χ2n) is 2.60. The molecule has 0 amide bonds. The van der Waals surface area contributed by atoms with Crippen molar-refractivity contribution in [3.63, 3.8) is 0 Å². The van der Waals surface area contributed by atoms with E-state index in [1.807, 2.05) is 13.8 Å². The minimum Gasteiger partial charge on any atom is -0.265 e. The summed E-state index contributed by atoms with van der Waals surface area (Å²) in [5.74, 6) is 0. The molecule has 10 heavy (non-hydrogen) atoms. The molecule has 60 valence electrons. The SMILES string of the molecule is C[C@@H]1CC[C@H](C)OS(=O)O1. The molecule has 0 aromatic heterocycles. The van der Waals surface area contributed by atoms with Gasteiger partial charge in [-0.25, -0.2) is 0 Å². The monoisotopic (exact) mass is 164 g/mol. The molecular weight excluding hydrogens is 152 g/mol. The molecule has 0 radical (unpaired) electrons. The van der Waals surface area contributed by atoms with Crippen molar-refractivity contribution in [2.75, 3.05) is 0 Å². The highest BCUT2D eigenvalue weighted by atomic mass is 32.2. The van der Waals surface area contributed by atoms with E-state index in [0.717, 1.165) is 12.8 Å². The smallest absolute Gasteiger partial charge is 0.265 e. The lowest BCUT2D eigenvalue weighted by molar-refractivity contribution is 0.208. The topological polar surface area (TPSA) is 35.5 Å². The summed E-state index contributed by atoms with van der Waals surface area (Å²) in [4.78, 5) is 0. The van der Waals surface area contributed by atoms with Gasteiger partial charge in [0.05, 0.1) is 12.2 Å². The van der Waals surface area contributed by atoms with E-state index >= 15 is 0 Å². The fourth-order valence-corrected chi connectivity index (χ4v) is 1.63. The summed E-state index contributed by atoms with van der Waals surface area (Å²) in [7, 11) is 0. The number of hydrogen-bond donors (Lipinski definition) is 0. The van der Waals surface area contributed by atoms with E-state index in [-0.39, 0.29) is 12.2 Å². The third-order valence-corrected chi connectivity index (χ3v) is 2.44. The zero-order valence-electron chi connectivity index (χ0n) is 6.20. The Bertz CT molecular complexity index is 123. The minimum atomic E-state index is -1.52. The average molecular weight is 164 g/mol. The fourth-order valence-electron chi connectivity index (χ4n) is 0.857. The molecule has 0 saturated carbocycles. The Balaban J connectivity index is 2.46. The van der Waals surface area contributed by atoms with Crippen molar-refractivity contribution in [2.24, 2.45) is 0 Å². The summed E-state index contributed by atoms with van der Waals surface area (Å²) in [6.07, 6.45) is 1.97. The first-order valence-corrected chi connectivity index (χ1v) is 4.44. The van der Waals surface area contributed by atoms with Gasteiger partial charge in [0.2, 0.25) is 0 Å². The second-order valence-corrected chi connectivity index (χ2v) is 3.39. The first kappa shape index (κ1) is 8.17. The van der Waals surface area contributed by atoms with Crippen molar-refractivity contribution in [3.05, 3.63) is 0 Å². The van der Waals surface area contributed by atoms with E-state index in [2.05, 4.69) is 0 Å². The first-order valence-electron chi connectivity index (χ1n) is 3.44. The van der Waals surface area contributed by atoms with Gasteiger partial charge < -0.3 is 0 Å². The summed E-state index contributed by atoms with van der Waals surface area (Å²) < 4.78 is 20.6. The standard InChI is InChI=1S/C6H12O3S/c1-5-3-4-6(2)9-10(7)8-5/h5-6H,3-4H2,1-2H3/t5-,6+,10?. The summed E-state index contributed by atoms with van der Waals surface area (Å²) in [6.45, 7) is 3.80. The zero-order chi connectivity index (χ0) is 7.56. The molecule has 0 spiro atoms. The van der Waals surface area contributed by atoms with Gasteiger partial charge >= 0.3 is 11.4 Å². The van der Waals surface area contributed by atoms with Crippen LogP contribution in [-0.2, 0) is 19.7 Å². The highest BCUT2D eigenvalue weighted by Gasteiger charge is 2.18. The van der Waals surface area contributed by atoms with Gasteiger partial charge in [-0.05, 0) is 26.7 Å². The lowest BCUT2D eigenvalue weighted by Crippen LogP contribution is -2.08. The molecule has 0 bridgehead atoms. The Hall–Kier alpha value is 0.0700. The van der Waals surface area contributed by atoms with Crippen molar-refractivity contribution >= 4 is 11.4 Å². The highest BCUT2D eigenvalue weighted by Crippen LogP contribution is 2.15. The van der Waals surface area contributed by atoms with Crippen LogP contribution >= 0.6 is 0 Å². The molecule has 1 aliphatic heterocycles. The van der Waals surface area contributed by atoms with Crippen molar-refractivity contribution in [3.8, 4) is 0 Å². The van der Waals surface area contributed by atoms with Crippen LogP contribution in [-0.4, -0.2) is 16.4 Å². The van der Waals surface area contributed by atoms with Gasteiger partial charge in [0.1, 0.15) is 0 Å². The molecular formula is C6H12O3S. The van der Waals surface area contributed by atoms with Crippen molar-refractivity contribution in [1.82, 2.24) is 0 Å². The Morgan fingerprint density at radius 1 is 1.20 bits per heavy atom. The van der Waals surface area contributed by atoms with Gasteiger partial charge in [-0.3, -0.25) is 8.37 Å². The van der Waals surface area contributed by atoms with Crippen LogP contribution in [0.1, 0.15) is 26.7 Å².